The zero-order chi connectivity index (χ0) is 14.1. The first kappa shape index (κ1) is 12.5. The van der Waals surface area contributed by atoms with Gasteiger partial charge in [-0.05, 0) is 30.2 Å². The maximum Gasteiger partial charge on any atom is 0.338 e. The predicted octanol–water partition coefficient (Wildman–Crippen LogP) is 3.54. The Bertz CT molecular complexity index is 772. The van der Waals surface area contributed by atoms with E-state index in [1.54, 1.807) is 0 Å². The molecule has 2 heterocycles. The van der Waals surface area contributed by atoms with Crippen LogP contribution in [-0.2, 0) is 6.42 Å². The number of carbonyl (C=O) groups is 1. The normalized spacial score (nSPS) is 10.8. The minimum absolute atomic E-state index is 0.400. The van der Waals surface area contributed by atoms with Crippen molar-refractivity contribution in [2.24, 2.45) is 0 Å². The van der Waals surface area contributed by atoms with E-state index in [0.29, 0.717) is 5.56 Å². The summed E-state index contributed by atoms with van der Waals surface area (Å²) < 4.78 is 1.98. The SMILES string of the molecule is Cc1c(C(=O)O)c2ccccn2c1Cc1ccccc1. The van der Waals surface area contributed by atoms with Crippen molar-refractivity contribution in [3.8, 4) is 0 Å². The Morgan fingerprint density at radius 1 is 1.10 bits per heavy atom. The van der Waals surface area contributed by atoms with Crippen LogP contribution < -0.4 is 0 Å². The van der Waals surface area contributed by atoms with E-state index >= 15 is 0 Å². The fourth-order valence-corrected chi connectivity index (χ4v) is 2.68. The van der Waals surface area contributed by atoms with Crippen molar-refractivity contribution in [3.63, 3.8) is 0 Å². The highest BCUT2D eigenvalue weighted by atomic mass is 16.4. The van der Waals surface area contributed by atoms with Crippen LogP contribution >= 0.6 is 0 Å². The lowest BCUT2D eigenvalue weighted by atomic mass is 10.1. The second kappa shape index (κ2) is 4.85. The number of fused-ring (bicyclic) bond motifs is 1. The molecule has 0 bridgehead atoms. The summed E-state index contributed by atoms with van der Waals surface area (Å²) in [4.78, 5) is 11.5. The van der Waals surface area contributed by atoms with Crippen molar-refractivity contribution < 1.29 is 9.90 Å². The number of pyridine rings is 1. The standard InChI is InChI=1S/C17H15NO2/c1-12-15(11-13-7-3-2-4-8-13)18-10-6-5-9-14(18)16(12)17(19)20/h2-10H,11H2,1H3,(H,19,20). The molecule has 0 unspecified atom stereocenters. The first-order chi connectivity index (χ1) is 9.68. The zero-order valence-corrected chi connectivity index (χ0v) is 11.2. The van der Waals surface area contributed by atoms with E-state index < -0.39 is 5.97 Å². The molecular formula is C17H15NO2. The molecule has 3 nitrogen and oxygen atoms in total. The Balaban J connectivity index is 2.20. The Kier molecular flexibility index (Phi) is 3.03. The molecule has 3 rings (SSSR count). The number of carboxylic acid groups (broad SMARTS) is 1. The molecule has 3 heteroatoms. The fraction of sp³-hybridized carbons (Fsp3) is 0.118. The van der Waals surface area contributed by atoms with Crippen LogP contribution in [0.25, 0.3) is 5.52 Å². The molecule has 0 saturated carbocycles. The lowest BCUT2D eigenvalue weighted by Crippen LogP contribution is -1.98. The Morgan fingerprint density at radius 2 is 1.80 bits per heavy atom. The van der Waals surface area contributed by atoms with Crippen LogP contribution in [0.4, 0.5) is 0 Å². The van der Waals surface area contributed by atoms with Crippen LogP contribution in [0.3, 0.4) is 0 Å². The third-order valence-corrected chi connectivity index (χ3v) is 3.64. The fourth-order valence-electron chi connectivity index (χ4n) is 2.68. The van der Waals surface area contributed by atoms with Gasteiger partial charge in [0.2, 0.25) is 0 Å². The third kappa shape index (κ3) is 1.97. The van der Waals surface area contributed by atoms with Crippen LogP contribution in [0.1, 0.15) is 27.2 Å². The summed E-state index contributed by atoms with van der Waals surface area (Å²) in [7, 11) is 0. The van der Waals surface area contributed by atoms with E-state index in [2.05, 4.69) is 12.1 Å². The first-order valence-electron chi connectivity index (χ1n) is 6.54. The van der Waals surface area contributed by atoms with E-state index in [0.717, 1.165) is 23.2 Å². The summed E-state index contributed by atoms with van der Waals surface area (Å²) in [5.74, 6) is -0.870. The molecule has 0 aliphatic rings. The number of aromatic nitrogens is 1. The summed E-state index contributed by atoms with van der Waals surface area (Å²) in [5, 5.41) is 9.43. The minimum atomic E-state index is -0.870. The Morgan fingerprint density at radius 3 is 2.50 bits per heavy atom. The van der Waals surface area contributed by atoms with Crippen molar-refractivity contribution in [3.05, 3.63) is 77.1 Å². The zero-order valence-electron chi connectivity index (χ0n) is 11.2. The maximum atomic E-state index is 11.5. The second-order valence-corrected chi connectivity index (χ2v) is 4.87. The number of carboxylic acids is 1. The largest absolute Gasteiger partial charge is 0.478 e. The first-order valence-corrected chi connectivity index (χ1v) is 6.54. The van der Waals surface area contributed by atoms with Gasteiger partial charge < -0.3 is 9.51 Å². The van der Waals surface area contributed by atoms with Gasteiger partial charge in [-0.2, -0.15) is 0 Å². The predicted molar refractivity (Wildman–Crippen MR) is 78.3 cm³/mol. The highest BCUT2D eigenvalue weighted by Crippen LogP contribution is 2.25. The molecule has 100 valence electrons. The van der Waals surface area contributed by atoms with E-state index in [1.807, 2.05) is 53.9 Å². The molecule has 0 radical (unpaired) electrons. The van der Waals surface area contributed by atoms with E-state index in [4.69, 9.17) is 0 Å². The van der Waals surface area contributed by atoms with Crippen LogP contribution in [0.5, 0.6) is 0 Å². The van der Waals surface area contributed by atoms with Gasteiger partial charge >= 0.3 is 5.97 Å². The molecule has 1 aromatic carbocycles. The molecule has 0 aliphatic carbocycles. The van der Waals surface area contributed by atoms with Gasteiger partial charge in [-0.3, -0.25) is 0 Å². The molecule has 0 atom stereocenters. The summed E-state index contributed by atoms with van der Waals surface area (Å²) in [6, 6.07) is 15.7. The Hall–Kier alpha value is -2.55. The average molecular weight is 265 g/mol. The van der Waals surface area contributed by atoms with Crippen molar-refractivity contribution in [1.29, 1.82) is 0 Å². The molecular weight excluding hydrogens is 250 g/mol. The van der Waals surface area contributed by atoms with Crippen LogP contribution in [-0.4, -0.2) is 15.5 Å². The Labute approximate surface area is 117 Å². The monoisotopic (exact) mass is 265 g/mol. The third-order valence-electron chi connectivity index (χ3n) is 3.64. The molecule has 2 aromatic heterocycles. The molecule has 0 spiro atoms. The highest BCUT2D eigenvalue weighted by molar-refractivity contribution is 5.98. The van der Waals surface area contributed by atoms with Gasteiger partial charge in [0.25, 0.3) is 0 Å². The van der Waals surface area contributed by atoms with Crippen molar-refractivity contribution in [1.82, 2.24) is 4.40 Å². The van der Waals surface area contributed by atoms with Crippen molar-refractivity contribution in [2.75, 3.05) is 0 Å². The number of hydrogen-bond donors (Lipinski definition) is 1. The summed E-state index contributed by atoms with van der Waals surface area (Å²) >= 11 is 0. The highest BCUT2D eigenvalue weighted by Gasteiger charge is 2.19. The minimum Gasteiger partial charge on any atom is -0.478 e. The van der Waals surface area contributed by atoms with Gasteiger partial charge in [0.05, 0.1) is 11.1 Å². The van der Waals surface area contributed by atoms with Crippen molar-refractivity contribution in [2.45, 2.75) is 13.3 Å². The van der Waals surface area contributed by atoms with Gasteiger partial charge in [-0.25, -0.2) is 4.79 Å². The van der Waals surface area contributed by atoms with Gasteiger partial charge in [-0.15, -0.1) is 0 Å². The van der Waals surface area contributed by atoms with Gasteiger partial charge in [0, 0.05) is 18.3 Å². The maximum absolute atomic E-state index is 11.5. The van der Waals surface area contributed by atoms with Gasteiger partial charge in [0.15, 0.2) is 0 Å². The number of nitrogens with zero attached hydrogens (tertiary/aromatic N) is 1. The van der Waals surface area contributed by atoms with Crippen LogP contribution in [0, 0.1) is 6.92 Å². The second-order valence-electron chi connectivity index (χ2n) is 4.87. The quantitative estimate of drug-likeness (QED) is 0.787. The number of aromatic carboxylic acids is 1. The lowest BCUT2D eigenvalue weighted by Gasteiger charge is -2.04. The number of rotatable bonds is 3. The molecule has 0 saturated heterocycles. The van der Waals surface area contributed by atoms with E-state index in [9.17, 15) is 9.90 Å². The molecule has 1 N–H and O–H groups in total. The summed E-state index contributed by atoms with van der Waals surface area (Å²) in [5.41, 5.74) is 4.20. The molecule has 0 aliphatic heterocycles. The van der Waals surface area contributed by atoms with Crippen LogP contribution in [0.15, 0.2) is 54.7 Å². The molecule has 20 heavy (non-hydrogen) atoms. The molecule has 0 fully saturated rings. The average Bonchev–Trinajstić information content (AvgIpc) is 2.73. The van der Waals surface area contributed by atoms with Gasteiger partial charge in [-0.1, -0.05) is 36.4 Å². The number of benzene rings is 1. The molecule has 3 aromatic rings. The smallest absolute Gasteiger partial charge is 0.338 e. The lowest BCUT2D eigenvalue weighted by molar-refractivity contribution is 0.0698. The molecule has 0 amide bonds. The number of hydrogen-bond acceptors (Lipinski definition) is 1. The topological polar surface area (TPSA) is 41.7 Å². The summed E-state index contributed by atoms with van der Waals surface area (Å²) in [6.07, 6.45) is 2.65. The van der Waals surface area contributed by atoms with Crippen molar-refractivity contribution >= 4 is 11.5 Å². The van der Waals surface area contributed by atoms with Crippen LogP contribution in [0.2, 0.25) is 0 Å². The summed E-state index contributed by atoms with van der Waals surface area (Å²) in [6.45, 7) is 1.88. The van der Waals surface area contributed by atoms with E-state index in [1.165, 1.54) is 5.56 Å². The van der Waals surface area contributed by atoms with E-state index in [-0.39, 0.29) is 0 Å². The van der Waals surface area contributed by atoms with Gasteiger partial charge in [0.1, 0.15) is 0 Å².